The van der Waals surface area contributed by atoms with Crippen molar-refractivity contribution in [3.05, 3.63) is 72.3 Å². The van der Waals surface area contributed by atoms with E-state index < -0.39 is 11.7 Å². The second-order valence-electron chi connectivity index (χ2n) is 9.08. The first-order chi connectivity index (χ1) is 16.9. The molecule has 2 N–H and O–H groups in total. The van der Waals surface area contributed by atoms with Gasteiger partial charge in [0.05, 0.1) is 24.8 Å². The Bertz CT molecular complexity index is 1440. The molecule has 0 spiro atoms. The number of fused-ring (bicyclic) bond motifs is 1. The van der Waals surface area contributed by atoms with Crippen LogP contribution in [0.2, 0.25) is 0 Å². The highest BCUT2D eigenvalue weighted by Crippen LogP contribution is 2.28. The predicted molar refractivity (Wildman–Crippen MR) is 129 cm³/mol. The fourth-order valence-corrected chi connectivity index (χ4v) is 3.68. The molecule has 0 aliphatic heterocycles. The Morgan fingerprint density at radius 2 is 1.91 bits per heavy atom. The maximum absolute atomic E-state index is 11.9. The first-order valence-corrected chi connectivity index (χ1v) is 11.2. The van der Waals surface area contributed by atoms with Crippen LogP contribution in [-0.2, 0) is 17.8 Å². The van der Waals surface area contributed by atoms with Crippen molar-refractivity contribution < 1.29 is 14.1 Å². The van der Waals surface area contributed by atoms with E-state index in [1.165, 1.54) is 0 Å². The molecule has 5 rings (SSSR count). The van der Waals surface area contributed by atoms with Crippen LogP contribution in [0.1, 0.15) is 32.2 Å². The number of alkyl carbamates (subject to hydrolysis) is 1. The minimum atomic E-state index is -0.586. The summed E-state index contributed by atoms with van der Waals surface area (Å²) in [5.74, 6) is 0.621. The monoisotopic (exact) mass is 471 g/mol. The number of amides is 1. The number of ether oxygens (including phenoxy) is 1. The summed E-state index contributed by atoms with van der Waals surface area (Å²) in [6.45, 7) is 6.06. The van der Waals surface area contributed by atoms with E-state index >= 15 is 0 Å². The Morgan fingerprint density at radius 1 is 1.11 bits per heavy atom. The Labute approximate surface area is 201 Å². The van der Waals surface area contributed by atoms with Crippen LogP contribution < -0.4 is 5.32 Å². The van der Waals surface area contributed by atoms with Gasteiger partial charge in [0, 0.05) is 17.1 Å². The highest BCUT2D eigenvalue weighted by atomic mass is 16.6. The minimum absolute atomic E-state index is 0.0834. The molecule has 1 amide bonds. The second-order valence-corrected chi connectivity index (χ2v) is 9.08. The molecule has 5 aromatic rings. The third-order valence-electron chi connectivity index (χ3n) is 5.24. The van der Waals surface area contributed by atoms with Gasteiger partial charge >= 0.3 is 6.09 Å². The van der Waals surface area contributed by atoms with E-state index in [0.717, 1.165) is 27.6 Å². The lowest BCUT2D eigenvalue weighted by Gasteiger charge is -2.19. The molecule has 35 heavy (non-hydrogen) atoms. The van der Waals surface area contributed by atoms with Gasteiger partial charge in [0.1, 0.15) is 5.60 Å². The zero-order valence-electron chi connectivity index (χ0n) is 19.6. The van der Waals surface area contributed by atoms with Crippen LogP contribution in [0.25, 0.3) is 33.6 Å². The van der Waals surface area contributed by atoms with Gasteiger partial charge in [0.25, 0.3) is 5.89 Å². The van der Waals surface area contributed by atoms with Crippen molar-refractivity contribution in [1.29, 1.82) is 0 Å². The highest BCUT2D eigenvalue weighted by Gasteiger charge is 2.20. The van der Waals surface area contributed by atoms with Crippen molar-refractivity contribution in [1.82, 2.24) is 35.4 Å². The fraction of sp³-hybridized carbons (Fsp3) is 0.240. The second kappa shape index (κ2) is 9.05. The predicted octanol–water partition coefficient (Wildman–Crippen LogP) is 4.55. The Kier molecular flexibility index (Phi) is 5.77. The van der Waals surface area contributed by atoms with Gasteiger partial charge in [-0.2, -0.15) is 15.2 Å². The Morgan fingerprint density at radius 3 is 2.66 bits per heavy atom. The third kappa shape index (κ3) is 5.06. The van der Waals surface area contributed by atoms with Crippen LogP contribution in [0.15, 0.2) is 65.4 Å². The molecule has 0 radical (unpaired) electrons. The smallest absolute Gasteiger partial charge is 0.408 e. The number of benzene rings is 2. The zero-order valence-corrected chi connectivity index (χ0v) is 19.6. The van der Waals surface area contributed by atoms with Crippen LogP contribution in [0.5, 0.6) is 0 Å². The molecule has 10 nitrogen and oxygen atoms in total. The largest absolute Gasteiger partial charge is 0.444 e. The maximum Gasteiger partial charge on any atom is 0.408 e. The van der Waals surface area contributed by atoms with E-state index in [-0.39, 0.29) is 12.4 Å². The molecule has 2 aromatic carbocycles. The molecule has 0 saturated heterocycles. The topological polar surface area (TPSA) is 124 Å². The number of hydrogen-bond acceptors (Lipinski definition) is 7. The van der Waals surface area contributed by atoms with Crippen LogP contribution >= 0.6 is 0 Å². The summed E-state index contributed by atoms with van der Waals surface area (Å²) in [4.78, 5) is 16.3. The molecule has 3 heterocycles. The van der Waals surface area contributed by atoms with E-state index in [1.807, 2.05) is 35.1 Å². The fourth-order valence-electron chi connectivity index (χ4n) is 3.68. The lowest BCUT2D eigenvalue weighted by atomic mass is 10.1. The van der Waals surface area contributed by atoms with Crippen LogP contribution in [-0.4, -0.2) is 41.8 Å². The van der Waals surface area contributed by atoms with Crippen molar-refractivity contribution in [2.45, 2.75) is 39.5 Å². The zero-order chi connectivity index (χ0) is 24.4. The van der Waals surface area contributed by atoms with Gasteiger partial charge in [-0.05, 0) is 38.0 Å². The molecule has 0 aliphatic rings. The standard InChI is InChI=1S/C25H25N7O3/c1-25(2,3)34-24(33)26-14-21-29-23(35-31-21)22-19-6-4-5-7-20(19)32(30-22)15-16-8-10-17(11-9-16)18-12-27-28-13-18/h4-13H,14-15H2,1-3H3,(H,26,33)(H,27,28). The van der Waals surface area contributed by atoms with Crippen molar-refractivity contribution in [2.75, 3.05) is 0 Å². The van der Waals surface area contributed by atoms with Gasteiger partial charge < -0.3 is 14.6 Å². The van der Waals surface area contributed by atoms with Gasteiger partial charge in [-0.25, -0.2) is 4.79 Å². The number of aromatic amines is 1. The molecule has 0 fully saturated rings. The Hall–Kier alpha value is -4.47. The number of para-hydroxylation sites is 1. The van der Waals surface area contributed by atoms with Crippen LogP contribution in [0, 0.1) is 0 Å². The summed E-state index contributed by atoms with van der Waals surface area (Å²) in [7, 11) is 0. The molecular formula is C25H25N7O3. The average molecular weight is 472 g/mol. The molecule has 0 atom stereocenters. The van der Waals surface area contributed by atoms with Crippen molar-refractivity contribution >= 4 is 17.0 Å². The van der Waals surface area contributed by atoms with Crippen molar-refractivity contribution in [2.24, 2.45) is 0 Å². The van der Waals surface area contributed by atoms with Crippen LogP contribution in [0.3, 0.4) is 0 Å². The van der Waals surface area contributed by atoms with E-state index in [9.17, 15) is 4.79 Å². The van der Waals surface area contributed by atoms with Gasteiger partial charge in [-0.15, -0.1) is 0 Å². The first-order valence-electron chi connectivity index (χ1n) is 11.2. The summed E-state index contributed by atoms with van der Waals surface area (Å²) in [6.07, 6.45) is 3.12. The SMILES string of the molecule is CC(C)(C)OC(=O)NCc1noc(-c2nn(Cc3ccc(-c4cn[nH]c4)cc3)c3ccccc23)n1. The third-order valence-corrected chi connectivity index (χ3v) is 5.24. The molecule has 178 valence electrons. The summed E-state index contributed by atoms with van der Waals surface area (Å²) in [5, 5.41) is 19.1. The van der Waals surface area contributed by atoms with Gasteiger partial charge in [0.2, 0.25) is 0 Å². The van der Waals surface area contributed by atoms with E-state index in [2.05, 4.69) is 49.9 Å². The maximum atomic E-state index is 11.9. The molecule has 0 aliphatic carbocycles. The molecule has 10 heteroatoms. The number of carbonyl (C=O) groups is 1. The van der Waals surface area contributed by atoms with Crippen molar-refractivity contribution in [3.63, 3.8) is 0 Å². The lowest BCUT2D eigenvalue weighted by Crippen LogP contribution is -2.32. The quantitative estimate of drug-likeness (QED) is 0.372. The lowest BCUT2D eigenvalue weighted by molar-refractivity contribution is 0.0522. The Balaban J connectivity index is 1.35. The summed E-state index contributed by atoms with van der Waals surface area (Å²) < 4.78 is 12.6. The normalized spacial score (nSPS) is 11.6. The van der Waals surface area contributed by atoms with Gasteiger partial charge in [-0.3, -0.25) is 9.78 Å². The number of hydrogen-bond donors (Lipinski definition) is 2. The number of H-pyrrole nitrogens is 1. The average Bonchev–Trinajstić information content (AvgIpc) is 3.58. The van der Waals surface area contributed by atoms with E-state index in [1.54, 1.807) is 27.0 Å². The highest BCUT2D eigenvalue weighted by molar-refractivity contribution is 5.91. The molecule has 0 unspecified atom stereocenters. The molecular weight excluding hydrogens is 446 g/mol. The molecule has 0 bridgehead atoms. The minimum Gasteiger partial charge on any atom is -0.444 e. The first kappa shape index (κ1) is 22.3. The molecule has 3 aromatic heterocycles. The van der Waals surface area contributed by atoms with E-state index in [4.69, 9.17) is 14.4 Å². The van der Waals surface area contributed by atoms with Crippen molar-refractivity contribution in [3.8, 4) is 22.7 Å². The van der Waals surface area contributed by atoms with Gasteiger partial charge in [-0.1, -0.05) is 47.6 Å². The number of nitrogens with zero attached hydrogens (tertiary/aromatic N) is 5. The number of aromatic nitrogens is 6. The van der Waals surface area contributed by atoms with Crippen LogP contribution in [0.4, 0.5) is 4.79 Å². The number of carbonyl (C=O) groups excluding carboxylic acids is 1. The number of rotatable bonds is 6. The summed E-state index contributed by atoms with van der Waals surface area (Å²) in [6, 6.07) is 16.2. The summed E-state index contributed by atoms with van der Waals surface area (Å²) >= 11 is 0. The van der Waals surface area contributed by atoms with Gasteiger partial charge in [0.15, 0.2) is 11.5 Å². The molecule has 0 saturated carbocycles. The summed E-state index contributed by atoms with van der Waals surface area (Å²) in [5.41, 5.74) is 4.19. The number of nitrogens with one attached hydrogen (secondary N) is 2. The van der Waals surface area contributed by atoms with E-state index in [0.29, 0.717) is 18.1 Å².